The van der Waals surface area contributed by atoms with Crippen molar-refractivity contribution in [2.45, 2.75) is 26.2 Å². The highest BCUT2D eigenvalue weighted by Crippen LogP contribution is 2.50. The van der Waals surface area contributed by atoms with Gasteiger partial charge in [-0.15, -0.1) is 0 Å². The van der Waals surface area contributed by atoms with Gasteiger partial charge < -0.3 is 14.7 Å². The molecule has 1 aliphatic heterocycles. The van der Waals surface area contributed by atoms with E-state index >= 15 is 0 Å². The largest absolute Gasteiger partial charge is 0.481 e. The van der Waals surface area contributed by atoms with Crippen LogP contribution in [-0.2, 0) is 9.53 Å². The Hall–Kier alpha value is -2.11. The second-order valence-electron chi connectivity index (χ2n) is 6.04. The maximum Gasteiger partial charge on any atom is 0.341 e. The molecule has 1 N–H and O–H groups in total. The molecule has 3 rings (SSSR count). The van der Waals surface area contributed by atoms with Gasteiger partial charge in [0.1, 0.15) is 5.56 Å². The van der Waals surface area contributed by atoms with Gasteiger partial charge in [0.2, 0.25) is 0 Å². The summed E-state index contributed by atoms with van der Waals surface area (Å²) in [6, 6.07) is 1.77. The fourth-order valence-corrected chi connectivity index (χ4v) is 3.85. The molecular formula is C16H20N2O4. The number of anilines is 1. The lowest BCUT2D eigenvalue weighted by Gasteiger charge is -2.25. The third-order valence-corrected chi connectivity index (χ3v) is 4.93. The second-order valence-corrected chi connectivity index (χ2v) is 6.04. The molecule has 1 aromatic heterocycles. The average molecular weight is 304 g/mol. The molecule has 1 saturated heterocycles. The minimum absolute atomic E-state index is 0.146. The van der Waals surface area contributed by atoms with Crippen LogP contribution in [0.5, 0.6) is 0 Å². The fourth-order valence-electron chi connectivity index (χ4n) is 3.85. The van der Waals surface area contributed by atoms with Crippen LogP contribution in [0.2, 0.25) is 0 Å². The van der Waals surface area contributed by atoms with Gasteiger partial charge >= 0.3 is 11.9 Å². The molecule has 0 radical (unpaired) electrons. The molecule has 2 atom stereocenters. The van der Waals surface area contributed by atoms with E-state index in [0.717, 1.165) is 18.5 Å². The monoisotopic (exact) mass is 304 g/mol. The van der Waals surface area contributed by atoms with Crippen molar-refractivity contribution >= 4 is 17.6 Å². The van der Waals surface area contributed by atoms with Crippen LogP contribution in [0, 0.1) is 11.3 Å². The summed E-state index contributed by atoms with van der Waals surface area (Å²) in [6.07, 6.45) is 5.73. The zero-order chi connectivity index (χ0) is 15.7. The van der Waals surface area contributed by atoms with Gasteiger partial charge in [-0.2, -0.15) is 0 Å². The zero-order valence-corrected chi connectivity index (χ0v) is 12.6. The van der Waals surface area contributed by atoms with Gasteiger partial charge in [-0.3, -0.25) is 9.78 Å². The van der Waals surface area contributed by atoms with E-state index in [4.69, 9.17) is 4.74 Å². The number of carbonyl (C=O) groups is 2. The van der Waals surface area contributed by atoms with Crippen LogP contribution in [0.3, 0.4) is 0 Å². The van der Waals surface area contributed by atoms with E-state index in [9.17, 15) is 14.7 Å². The Morgan fingerprint density at radius 3 is 3.05 bits per heavy atom. The van der Waals surface area contributed by atoms with Crippen molar-refractivity contribution in [2.75, 3.05) is 24.6 Å². The minimum Gasteiger partial charge on any atom is -0.481 e. The van der Waals surface area contributed by atoms with Crippen molar-refractivity contribution in [3.05, 3.63) is 24.0 Å². The quantitative estimate of drug-likeness (QED) is 0.856. The number of carbonyl (C=O) groups excluding carboxylic acids is 1. The molecule has 0 aromatic carbocycles. The van der Waals surface area contributed by atoms with E-state index in [-0.39, 0.29) is 5.92 Å². The Kier molecular flexibility index (Phi) is 3.76. The maximum atomic E-state index is 12.1. The van der Waals surface area contributed by atoms with E-state index in [0.29, 0.717) is 31.7 Å². The second kappa shape index (κ2) is 5.59. The molecule has 22 heavy (non-hydrogen) atoms. The molecule has 1 saturated carbocycles. The van der Waals surface area contributed by atoms with Crippen molar-refractivity contribution in [3.63, 3.8) is 0 Å². The first-order valence-corrected chi connectivity index (χ1v) is 7.68. The molecule has 118 valence electrons. The predicted octanol–water partition coefficient (Wildman–Crippen LogP) is 1.95. The first-order chi connectivity index (χ1) is 10.6. The minimum atomic E-state index is -0.718. The number of ether oxygens (including phenoxy) is 1. The Morgan fingerprint density at radius 2 is 2.36 bits per heavy atom. The Labute approximate surface area is 129 Å². The molecule has 0 amide bonds. The number of aliphatic carboxylic acids is 1. The highest BCUT2D eigenvalue weighted by atomic mass is 16.5. The number of esters is 1. The van der Waals surface area contributed by atoms with Gasteiger partial charge in [0.15, 0.2) is 0 Å². The number of fused-ring (bicyclic) bond motifs is 1. The first-order valence-electron chi connectivity index (χ1n) is 7.68. The highest BCUT2D eigenvalue weighted by Gasteiger charge is 2.55. The molecule has 6 heteroatoms. The third kappa shape index (κ3) is 2.23. The normalized spacial score (nSPS) is 26.8. The van der Waals surface area contributed by atoms with E-state index < -0.39 is 17.4 Å². The van der Waals surface area contributed by atoms with E-state index in [1.165, 1.54) is 6.20 Å². The molecule has 2 heterocycles. The van der Waals surface area contributed by atoms with Crippen molar-refractivity contribution in [1.29, 1.82) is 0 Å². The summed E-state index contributed by atoms with van der Waals surface area (Å²) in [4.78, 5) is 29.9. The molecule has 6 nitrogen and oxygen atoms in total. The van der Waals surface area contributed by atoms with Crippen LogP contribution in [0.25, 0.3) is 0 Å². The fraction of sp³-hybridized carbons (Fsp3) is 0.562. The van der Waals surface area contributed by atoms with Crippen molar-refractivity contribution in [1.82, 2.24) is 4.98 Å². The molecule has 0 unspecified atom stereocenters. The number of carboxylic acid groups (broad SMARTS) is 1. The summed E-state index contributed by atoms with van der Waals surface area (Å²) in [5.41, 5.74) is 0.461. The summed E-state index contributed by atoms with van der Waals surface area (Å²) in [5, 5.41) is 9.67. The number of aromatic nitrogens is 1. The number of hydrogen-bond donors (Lipinski definition) is 1. The molecule has 0 spiro atoms. The van der Waals surface area contributed by atoms with Gasteiger partial charge in [0.05, 0.1) is 17.7 Å². The molecule has 1 aromatic rings. The summed E-state index contributed by atoms with van der Waals surface area (Å²) >= 11 is 0. The number of rotatable bonds is 4. The van der Waals surface area contributed by atoms with Crippen molar-refractivity contribution in [2.24, 2.45) is 11.3 Å². The van der Waals surface area contributed by atoms with Crippen molar-refractivity contribution < 1.29 is 19.4 Å². The SMILES string of the molecule is CCOC(=O)c1cnccc1N1C[C@@H]2CCC[C@@]2(C(=O)O)C1. The van der Waals surface area contributed by atoms with Gasteiger partial charge in [-0.05, 0) is 31.7 Å². The topological polar surface area (TPSA) is 79.7 Å². The van der Waals surface area contributed by atoms with E-state index in [2.05, 4.69) is 4.98 Å². The number of hydrogen-bond acceptors (Lipinski definition) is 5. The maximum absolute atomic E-state index is 12.1. The van der Waals surface area contributed by atoms with Gasteiger partial charge in [0.25, 0.3) is 0 Å². The predicted molar refractivity (Wildman–Crippen MR) is 79.8 cm³/mol. The van der Waals surface area contributed by atoms with Crippen LogP contribution in [0.4, 0.5) is 5.69 Å². The third-order valence-electron chi connectivity index (χ3n) is 4.93. The van der Waals surface area contributed by atoms with Crippen LogP contribution in [0.15, 0.2) is 18.5 Å². The van der Waals surface area contributed by atoms with Crippen LogP contribution >= 0.6 is 0 Å². The molecule has 2 fully saturated rings. The molecular weight excluding hydrogens is 284 g/mol. The van der Waals surface area contributed by atoms with Crippen LogP contribution in [-0.4, -0.2) is 41.7 Å². The number of carboxylic acids is 1. The summed E-state index contributed by atoms with van der Waals surface area (Å²) in [6.45, 7) is 3.18. The van der Waals surface area contributed by atoms with Gasteiger partial charge in [-0.25, -0.2) is 4.79 Å². The Morgan fingerprint density at radius 1 is 1.55 bits per heavy atom. The summed E-state index contributed by atoms with van der Waals surface area (Å²) in [5.74, 6) is -0.982. The van der Waals surface area contributed by atoms with E-state index in [1.54, 1.807) is 19.2 Å². The summed E-state index contributed by atoms with van der Waals surface area (Å²) in [7, 11) is 0. The number of nitrogens with zero attached hydrogens (tertiary/aromatic N) is 2. The lowest BCUT2D eigenvalue weighted by atomic mass is 9.81. The highest BCUT2D eigenvalue weighted by molar-refractivity contribution is 5.95. The average Bonchev–Trinajstić information content (AvgIpc) is 3.05. The standard InChI is InChI=1S/C16H20N2O4/c1-2-22-14(19)12-8-17-7-5-13(12)18-9-11-4-3-6-16(11,10-18)15(20)21/h5,7-8,11H,2-4,6,9-10H2,1H3,(H,20,21)/t11-,16+/m0/s1. The lowest BCUT2D eigenvalue weighted by Crippen LogP contribution is -2.36. The van der Waals surface area contributed by atoms with Gasteiger partial charge in [-0.1, -0.05) is 6.42 Å². The first kappa shape index (κ1) is 14.8. The zero-order valence-electron chi connectivity index (χ0n) is 12.6. The van der Waals surface area contributed by atoms with Crippen LogP contribution in [0.1, 0.15) is 36.5 Å². The Balaban J connectivity index is 1.91. The molecule has 1 aliphatic carbocycles. The van der Waals surface area contributed by atoms with Crippen LogP contribution < -0.4 is 4.90 Å². The lowest BCUT2D eigenvalue weighted by molar-refractivity contribution is -0.149. The Bertz CT molecular complexity index is 604. The number of pyridine rings is 1. The van der Waals surface area contributed by atoms with E-state index in [1.807, 2.05) is 4.90 Å². The molecule has 0 bridgehead atoms. The van der Waals surface area contributed by atoms with Crippen molar-refractivity contribution in [3.8, 4) is 0 Å². The van der Waals surface area contributed by atoms with Gasteiger partial charge in [0, 0.05) is 25.5 Å². The summed E-state index contributed by atoms with van der Waals surface area (Å²) < 4.78 is 5.07. The molecule has 2 aliphatic rings. The smallest absolute Gasteiger partial charge is 0.341 e.